The van der Waals surface area contributed by atoms with Crippen LogP contribution in [0.4, 0.5) is 0 Å². The Balaban J connectivity index is 1.20. The molecule has 0 spiro atoms. The zero-order valence-electron chi connectivity index (χ0n) is 32.4. The molecule has 12 nitrogen and oxygen atoms in total. The summed E-state index contributed by atoms with van der Waals surface area (Å²) in [5.41, 5.74) is 0.925. The first-order valence-corrected chi connectivity index (χ1v) is 21.4. The Hall–Kier alpha value is -4.78. The van der Waals surface area contributed by atoms with Crippen LogP contribution in [0.3, 0.4) is 0 Å². The Labute approximate surface area is 329 Å². The molecular weight excluding hydrogens is 733 g/mol. The number of allylic oxidation sites excluding steroid dienone is 1. The second kappa shape index (κ2) is 16.0. The van der Waals surface area contributed by atoms with Gasteiger partial charge in [-0.05, 0) is 62.5 Å². The number of pyridine rings is 1. The summed E-state index contributed by atoms with van der Waals surface area (Å²) in [4.78, 5) is 64.7. The highest BCUT2D eigenvalue weighted by Gasteiger charge is 2.61. The molecule has 298 valence electrons. The highest BCUT2D eigenvalue weighted by Crippen LogP contribution is 2.57. The first kappa shape index (κ1) is 39.5. The lowest BCUT2D eigenvalue weighted by molar-refractivity contribution is -0.146. The summed E-state index contributed by atoms with van der Waals surface area (Å²) < 4.78 is 40.1. The lowest BCUT2D eigenvalue weighted by Gasteiger charge is -2.32. The number of benzene rings is 2. The molecule has 2 aromatic carbocycles. The van der Waals surface area contributed by atoms with Crippen LogP contribution in [0.1, 0.15) is 71.6 Å². The summed E-state index contributed by atoms with van der Waals surface area (Å²) in [6, 6.07) is 16.1. The van der Waals surface area contributed by atoms with Crippen molar-refractivity contribution in [3.63, 3.8) is 0 Å². The van der Waals surface area contributed by atoms with E-state index >= 15 is 0 Å². The molecule has 2 aliphatic heterocycles. The van der Waals surface area contributed by atoms with E-state index in [1.54, 1.807) is 18.1 Å². The van der Waals surface area contributed by atoms with Crippen molar-refractivity contribution < 1.29 is 37.1 Å². The molecule has 4 fully saturated rings. The fourth-order valence-corrected chi connectivity index (χ4v) is 9.74. The van der Waals surface area contributed by atoms with Gasteiger partial charge in [0.2, 0.25) is 27.7 Å². The number of sulfonamides is 1. The third-order valence-electron chi connectivity index (χ3n) is 12.0. The van der Waals surface area contributed by atoms with Crippen LogP contribution in [0, 0.1) is 23.2 Å². The first-order chi connectivity index (χ1) is 26.8. The number of amides is 3. The topological polar surface area (TPSA) is 152 Å². The van der Waals surface area contributed by atoms with Crippen molar-refractivity contribution >= 4 is 44.4 Å². The zero-order valence-corrected chi connectivity index (χ0v) is 33.3. The quantitative estimate of drug-likeness (QED) is 0.192. The number of carbonyl (C=O) groups is 4. The molecule has 2 aliphatic carbocycles. The average molecular weight is 785 g/mol. The van der Waals surface area contributed by atoms with Crippen molar-refractivity contribution in [2.24, 2.45) is 23.2 Å². The number of nitrogens with zero attached hydrogens (tertiary/aromatic N) is 3. The summed E-state index contributed by atoms with van der Waals surface area (Å²) in [6.07, 6.45) is 5.08. The first-order valence-electron chi connectivity index (χ1n) is 19.8. The summed E-state index contributed by atoms with van der Waals surface area (Å²) >= 11 is 0. The number of ether oxygens (including phenoxy) is 2. The fraction of sp³-hybridized carbons (Fsp3) is 0.512. The SMILES string of the molecule is C=CC1C[C@]1(CC(=O)[C@@H]1C[C@@H](Oc2cc(-c3ccccc3)nc3cc(OC)ccc23)CN1C(=O)[C@@H](CC(=O)N1CCCCC1)C(C)C)C(=O)NS(=O)(=O)C1CC1. The third kappa shape index (κ3) is 8.19. The molecule has 13 heteroatoms. The molecule has 5 atom stereocenters. The highest BCUT2D eigenvalue weighted by atomic mass is 32.2. The van der Waals surface area contributed by atoms with Crippen molar-refractivity contribution in [1.82, 2.24) is 19.5 Å². The predicted molar refractivity (Wildman–Crippen MR) is 212 cm³/mol. The Bertz CT molecular complexity index is 2110. The van der Waals surface area contributed by atoms with Gasteiger partial charge < -0.3 is 19.3 Å². The van der Waals surface area contributed by atoms with Gasteiger partial charge in [0.1, 0.15) is 17.6 Å². The van der Waals surface area contributed by atoms with Crippen LogP contribution in [0.25, 0.3) is 22.2 Å². The van der Waals surface area contributed by atoms with Crippen molar-refractivity contribution in [1.29, 1.82) is 0 Å². The lowest BCUT2D eigenvalue weighted by Crippen LogP contribution is -2.48. The van der Waals surface area contributed by atoms with Crippen LogP contribution in [-0.2, 0) is 29.2 Å². The Kier molecular flexibility index (Phi) is 11.3. The number of likely N-dealkylation sites (tertiary alicyclic amines) is 2. The number of nitrogens with one attached hydrogen (secondary N) is 1. The van der Waals surface area contributed by atoms with Crippen molar-refractivity contribution in [2.45, 2.75) is 89.0 Å². The summed E-state index contributed by atoms with van der Waals surface area (Å²) in [5.74, 6) is -1.55. The number of methoxy groups -OCH3 is 1. The predicted octanol–water partition coefficient (Wildman–Crippen LogP) is 5.69. The molecule has 56 heavy (non-hydrogen) atoms. The van der Waals surface area contributed by atoms with E-state index in [1.165, 1.54) is 0 Å². The zero-order chi connectivity index (χ0) is 39.8. The Morgan fingerprint density at radius 1 is 1.04 bits per heavy atom. The molecule has 0 bridgehead atoms. The molecule has 3 aromatic rings. The van der Waals surface area contributed by atoms with E-state index in [2.05, 4.69) is 11.3 Å². The lowest BCUT2D eigenvalue weighted by atomic mass is 9.88. The molecule has 0 radical (unpaired) electrons. The normalized spacial score (nSPS) is 24.1. The smallest absolute Gasteiger partial charge is 0.240 e. The van der Waals surface area contributed by atoms with Crippen LogP contribution in [-0.4, -0.2) is 90.8 Å². The van der Waals surface area contributed by atoms with Crippen molar-refractivity contribution in [2.75, 3.05) is 26.7 Å². The molecule has 2 saturated carbocycles. The second-order valence-corrected chi connectivity index (χ2v) is 18.2. The highest BCUT2D eigenvalue weighted by molar-refractivity contribution is 7.90. The maximum atomic E-state index is 14.7. The van der Waals surface area contributed by atoms with Gasteiger partial charge in [0.25, 0.3) is 0 Å². The third-order valence-corrected chi connectivity index (χ3v) is 13.9. The van der Waals surface area contributed by atoms with E-state index in [0.717, 1.165) is 30.2 Å². The average Bonchev–Trinajstić information content (AvgIpc) is 4.13. The van der Waals surface area contributed by atoms with Gasteiger partial charge in [-0.3, -0.25) is 23.9 Å². The number of piperidine rings is 1. The molecule has 1 unspecified atom stereocenters. The summed E-state index contributed by atoms with van der Waals surface area (Å²) in [7, 11) is -2.26. The minimum absolute atomic E-state index is 0.0284. The van der Waals surface area contributed by atoms with Crippen LogP contribution < -0.4 is 14.2 Å². The van der Waals surface area contributed by atoms with Gasteiger partial charge in [0.15, 0.2) is 5.78 Å². The van der Waals surface area contributed by atoms with E-state index in [1.807, 2.05) is 73.3 Å². The van der Waals surface area contributed by atoms with Gasteiger partial charge in [-0.2, -0.15) is 0 Å². The van der Waals surface area contributed by atoms with Crippen LogP contribution in [0.2, 0.25) is 0 Å². The largest absolute Gasteiger partial charge is 0.497 e. The molecule has 3 amide bonds. The van der Waals surface area contributed by atoms with Crippen molar-refractivity contribution in [3.8, 4) is 22.8 Å². The number of Topliss-reactive ketones (excluding diaryl/α,β-unsaturated/α-hetero) is 1. The summed E-state index contributed by atoms with van der Waals surface area (Å²) in [5, 5.41) is 0.124. The number of aromatic nitrogens is 1. The van der Waals surface area contributed by atoms with Crippen LogP contribution >= 0.6 is 0 Å². The number of fused-ring (bicyclic) bond motifs is 1. The maximum Gasteiger partial charge on any atom is 0.240 e. The van der Waals surface area contributed by atoms with Gasteiger partial charge in [-0.15, -0.1) is 6.58 Å². The Morgan fingerprint density at radius 3 is 2.41 bits per heavy atom. The van der Waals surface area contributed by atoms with Gasteiger partial charge in [-0.25, -0.2) is 13.4 Å². The minimum Gasteiger partial charge on any atom is -0.497 e. The van der Waals surface area contributed by atoms with Crippen LogP contribution in [0.5, 0.6) is 11.5 Å². The van der Waals surface area contributed by atoms with E-state index in [0.29, 0.717) is 48.6 Å². The van der Waals surface area contributed by atoms with Gasteiger partial charge >= 0.3 is 0 Å². The number of hydrogen-bond donors (Lipinski definition) is 1. The van der Waals surface area contributed by atoms with Crippen molar-refractivity contribution in [3.05, 3.63) is 67.3 Å². The molecule has 3 heterocycles. The number of rotatable bonds is 15. The number of carbonyl (C=O) groups excluding carboxylic acids is 4. The van der Waals surface area contributed by atoms with E-state index in [4.69, 9.17) is 14.5 Å². The molecule has 2 saturated heterocycles. The Morgan fingerprint density at radius 2 is 1.77 bits per heavy atom. The fourth-order valence-electron chi connectivity index (χ4n) is 8.36. The van der Waals surface area contributed by atoms with E-state index < -0.39 is 44.7 Å². The van der Waals surface area contributed by atoms with Gasteiger partial charge in [0, 0.05) is 61.4 Å². The van der Waals surface area contributed by atoms with Gasteiger partial charge in [-0.1, -0.05) is 50.3 Å². The molecule has 4 aliphatic rings. The number of hydrogen-bond acceptors (Lipinski definition) is 9. The maximum absolute atomic E-state index is 14.7. The number of ketones is 1. The van der Waals surface area contributed by atoms with Gasteiger partial charge in [0.05, 0.1) is 41.6 Å². The monoisotopic (exact) mass is 784 g/mol. The summed E-state index contributed by atoms with van der Waals surface area (Å²) in [6.45, 7) is 9.09. The molecular formula is C43H52N4O8S. The van der Waals surface area contributed by atoms with E-state index in [-0.39, 0.29) is 61.7 Å². The molecule has 1 N–H and O–H groups in total. The standard InChI is InChI=1S/C43H52N4O8S/c1-5-29-24-43(29,42(51)45-56(52,53)32-15-16-32)25-38(48)37-21-31(26-47(37)41(50)34(27(2)3)22-40(49)46-18-10-7-11-19-46)55-39-23-35(28-12-8-6-9-13-28)44-36-20-30(54-4)14-17-33(36)39/h5-6,8-9,12-14,17,20,23,27,29,31-32,34,37H,1,7,10-11,15-16,18-19,21-22,24-26H2,2-4H3,(H,45,51)/t29?,31-,34+,37+,43-/m1/s1. The minimum atomic E-state index is -3.85. The molecule has 1 aromatic heterocycles. The molecule has 7 rings (SSSR count). The van der Waals surface area contributed by atoms with E-state index in [9.17, 15) is 27.6 Å². The van der Waals surface area contributed by atoms with Crippen LogP contribution in [0.15, 0.2) is 67.3 Å². The second-order valence-electron chi connectivity index (χ2n) is 16.3.